The monoisotopic (exact) mass is 416 g/mol. The first-order valence-corrected chi connectivity index (χ1v) is 11.5. The normalized spacial score (nSPS) is 28.9. The summed E-state index contributed by atoms with van der Waals surface area (Å²) in [5.74, 6) is 0.402. The molecule has 6 nitrogen and oxygen atoms in total. The van der Waals surface area contributed by atoms with Gasteiger partial charge in [0.2, 0.25) is 5.91 Å². The van der Waals surface area contributed by atoms with Gasteiger partial charge in [-0.1, -0.05) is 12.1 Å². The Balaban J connectivity index is 1.22. The summed E-state index contributed by atoms with van der Waals surface area (Å²) in [6, 6.07) is 7.47. The first-order valence-electron chi connectivity index (χ1n) is 11.5. The molecule has 3 fully saturated rings. The number of carbonyl (C=O) groups excluding carboxylic acids is 1. The molecule has 1 spiro atoms. The van der Waals surface area contributed by atoms with Crippen molar-refractivity contribution in [1.82, 2.24) is 9.80 Å². The first-order chi connectivity index (χ1) is 14.4. The fraction of sp³-hybridized carbons (Fsp3) is 0.708. The lowest BCUT2D eigenvalue weighted by atomic mass is 9.76. The first kappa shape index (κ1) is 21.6. The summed E-state index contributed by atoms with van der Waals surface area (Å²) in [7, 11) is 2.20. The number of nitrogens with zero attached hydrogens (tertiary/aromatic N) is 2. The van der Waals surface area contributed by atoms with E-state index in [0.29, 0.717) is 12.5 Å². The SMILES string of the molecule is CN(CC1CC2(CCN(C(=O)Cc3ccc(O)cc3)CC2)CO1)C1CCC(O)CC1. The second-order valence-electron chi connectivity index (χ2n) is 9.76. The number of aromatic hydroxyl groups is 1. The number of aliphatic hydroxyl groups is 1. The van der Waals surface area contributed by atoms with Gasteiger partial charge in [-0.3, -0.25) is 4.79 Å². The third kappa shape index (κ3) is 5.16. The summed E-state index contributed by atoms with van der Waals surface area (Å²) in [6.07, 6.45) is 7.68. The van der Waals surface area contributed by atoms with Crippen LogP contribution in [0.1, 0.15) is 50.5 Å². The van der Waals surface area contributed by atoms with Crippen molar-refractivity contribution in [1.29, 1.82) is 0 Å². The van der Waals surface area contributed by atoms with E-state index < -0.39 is 0 Å². The van der Waals surface area contributed by atoms with E-state index in [-0.39, 0.29) is 29.3 Å². The summed E-state index contributed by atoms with van der Waals surface area (Å²) in [6.45, 7) is 3.40. The topological polar surface area (TPSA) is 73.2 Å². The molecule has 6 heteroatoms. The molecule has 1 amide bonds. The number of likely N-dealkylation sites (tertiary alicyclic amines) is 1. The van der Waals surface area contributed by atoms with Crippen molar-refractivity contribution in [3.63, 3.8) is 0 Å². The van der Waals surface area contributed by atoms with Gasteiger partial charge in [-0.2, -0.15) is 0 Å². The van der Waals surface area contributed by atoms with Crippen molar-refractivity contribution < 1.29 is 19.7 Å². The average molecular weight is 417 g/mol. The zero-order valence-electron chi connectivity index (χ0n) is 18.1. The summed E-state index contributed by atoms with van der Waals surface area (Å²) in [4.78, 5) is 17.1. The van der Waals surface area contributed by atoms with Crippen molar-refractivity contribution in [2.75, 3.05) is 33.3 Å². The van der Waals surface area contributed by atoms with Crippen LogP contribution in [0.3, 0.4) is 0 Å². The van der Waals surface area contributed by atoms with Crippen LogP contribution in [0, 0.1) is 5.41 Å². The van der Waals surface area contributed by atoms with Crippen LogP contribution in [0.5, 0.6) is 5.75 Å². The van der Waals surface area contributed by atoms with Crippen LogP contribution < -0.4 is 0 Å². The van der Waals surface area contributed by atoms with Gasteiger partial charge >= 0.3 is 0 Å². The van der Waals surface area contributed by atoms with Crippen molar-refractivity contribution in [2.24, 2.45) is 5.41 Å². The second-order valence-corrected chi connectivity index (χ2v) is 9.76. The lowest BCUT2D eigenvalue weighted by Crippen LogP contribution is -2.44. The molecule has 1 aliphatic carbocycles. The van der Waals surface area contributed by atoms with Gasteiger partial charge in [0, 0.05) is 25.7 Å². The number of hydrogen-bond donors (Lipinski definition) is 2. The molecule has 0 bridgehead atoms. The smallest absolute Gasteiger partial charge is 0.226 e. The zero-order valence-corrected chi connectivity index (χ0v) is 18.1. The quantitative estimate of drug-likeness (QED) is 0.772. The second kappa shape index (κ2) is 9.25. The van der Waals surface area contributed by atoms with Crippen molar-refractivity contribution >= 4 is 5.91 Å². The molecule has 0 radical (unpaired) electrons. The van der Waals surface area contributed by atoms with Gasteiger partial charge in [-0.15, -0.1) is 0 Å². The van der Waals surface area contributed by atoms with Crippen molar-refractivity contribution in [3.8, 4) is 5.75 Å². The Morgan fingerprint density at radius 1 is 1.17 bits per heavy atom. The zero-order chi connectivity index (χ0) is 21.1. The van der Waals surface area contributed by atoms with Crippen LogP contribution in [0.4, 0.5) is 0 Å². The molecule has 166 valence electrons. The average Bonchev–Trinajstić information content (AvgIpc) is 3.12. The largest absolute Gasteiger partial charge is 0.508 e. The Hall–Kier alpha value is -1.63. The molecule has 2 aliphatic heterocycles. The summed E-state index contributed by atoms with van der Waals surface area (Å²) in [5, 5.41) is 19.1. The van der Waals surface area contributed by atoms with E-state index in [1.54, 1.807) is 12.1 Å². The van der Waals surface area contributed by atoms with E-state index in [9.17, 15) is 15.0 Å². The molecular weight excluding hydrogens is 380 g/mol. The van der Waals surface area contributed by atoms with Gasteiger partial charge in [0.05, 0.1) is 25.2 Å². The molecule has 1 atom stereocenters. The van der Waals surface area contributed by atoms with E-state index >= 15 is 0 Å². The van der Waals surface area contributed by atoms with Crippen LogP contribution in [0.15, 0.2) is 24.3 Å². The summed E-state index contributed by atoms with van der Waals surface area (Å²) in [5.41, 5.74) is 1.17. The van der Waals surface area contributed by atoms with E-state index in [2.05, 4.69) is 11.9 Å². The number of rotatable bonds is 5. The third-order valence-corrected chi connectivity index (χ3v) is 7.54. The number of amides is 1. The number of aliphatic hydroxyl groups excluding tert-OH is 1. The fourth-order valence-corrected chi connectivity index (χ4v) is 5.46. The Kier molecular flexibility index (Phi) is 6.66. The van der Waals surface area contributed by atoms with E-state index in [1.807, 2.05) is 17.0 Å². The minimum absolute atomic E-state index is 0.109. The summed E-state index contributed by atoms with van der Waals surface area (Å²) < 4.78 is 6.21. The minimum atomic E-state index is -0.109. The van der Waals surface area contributed by atoms with E-state index in [0.717, 1.165) is 76.8 Å². The molecule has 2 heterocycles. The fourth-order valence-electron chi connectivity index (χ4n) is 5.46. The predicted octanol–water partition coefficient (Wildman–Crippen LogP) is 2.57. The molecule has 1 aromatic rings. The Morgan fingerprint density at radius 3 is 2.50 bits per heavy atom. The number of phenols is 1. The Morgan fingerprint density at radius 2 is 1.83 bits per heavy atom. The van der Waals surface area contributed by atoms with Gasteiger partial charge in [-0.25, -0.2) is 0 Å². The number of likely N-dealkylation sites (N-methyl/N-ethyl adjacent to an activating group) is 1. The van der Waals surface area contributed by atoms with Crippen LogP contribution in [0.25, 0.3) is 0 Å². The Bertz CT molecular complexity index is 706. The van der Waals surface area contributed by atoms with E-state index in [1.165, 1.54) is 0 Å². The lowest BCUT2D eigenvalue weighted by molar-refractivity contribution is -0.132. The number of ether oxygens (including phenoxy) is 1. The van der Waals surface area contributed by atoms with Gasteiger partial charge in [0.1, 0.15) is 5.75 Å². The van der Waals surface area contributed by atoms with Gasteiger partial charge in [0.25, 0.3) is 0 Å². The van der Waals surface area contributed by atoms with Crippen molar-refractivity contribution in [3.05, 3.63) is 29.8 Å². The molecule has 30 heavy (non-hydrogen) atoms. The van der Waals surface area contributed by atoms with Gasteiger partial charge in [0.15, 0.2) is 0 Å². The van der Waals surface area contributed by atoms with Crippen LogP contribution >= 0.6 is 0 Å². The molecule has 3 aliphatic rings. The maximum atomic E-state index is 12.7. The van der Waals surface area contributed by atoms with Crippen LogP contribution in [-0.2, 0) is 16.0 Å². The summed E-state index contributed by atoms with van der Waals surface area (Å²) >= 11 is 0. The highest BCUT2D eigenvalue weighted by molar-refractivity contribution is 5.78. The van der Waals surface area contributed by atoms with Gasteiger partial charge in [-0.05, 0) is 75.1 Å². The molecule has 0 aromatic heterocycles. The van der Waals surface area contributed by atoms with Crippen LogP contribution in [-0.4, -0.2) is 77.5 Å². The predicted molar refractivity (Wildman–Crippen MR) is 115 cm³/mol. The maximum Gasteiger partial charge on any atom is 0.226 e. The molecule has 4 rings (SSSR count). The highest BCUT2D eigenvalue weighted by atomic mass is 16.5. The molecule has 1 aromatic carbocycles. The number of piperidine rings is 1. The molecule has 2 saturated heterocycles. The molecule has 1 saturated carbocycles. The highest BCUT2D eigenvalue weighted by Gasteiger charge is 2.43. The Labute approximate surface area is 179 Å². The molecule has 2 N–H and O–H groups in total. The number of carbonyl (C=O) groups is 1. The molecular formula is C24H36N2O4. The number of benzene rings is 1. The molecule has 1 unspecified atom stereocenters. The van der Waals surface area contributed by atoms with Gasteiger partial charge < -0.3 is 24.7 Å². The standard InChI is InChI=1S/C24H36N2O4/c1-25(19-4-8-21(28)9-5-19)16-22-15-24(17-30-22)10-12-26(13-11-24)23(29)14-18-2-6-20(27)7-3-18/h2-3,6-7,19,21-22,27-28H,4-5,8-17H2,1H3. The minimum Gasteiger partial charge on any atom is -0.508 e. The third-order valence-electron chi connectivity index (χ3n) is 7.54. The maximum absolute atomic E-state index is 12.7. The number of hydrogen-bond acceptors (Lipinski definition) is 5. The van der Waals surface area contributed by atoms with Crippen LogP contribution in [0.2, 0.25) is 0 Å². The van der Waals surface area contributed by atoms with Crippen molar-refractivity contribution in [2.45, 2.75) is 69.6 Å². The number of phenolic OH excluding ortho intramolecular Hbond substituents is 1. The van der Waals surface area contributed by atoms with E-state index in [4.69, 9.17) is 4.74 Å². The highest BCUT2D eigenvalue weighted by Crippen LogP contribution is 2.42. The lowest BCUT2D eigenvalue weighted by Gasteiger charge is -2.39.